The number of thioether (sulfide) groups is 1. The molecule has 0 aromatic rings. The Hall–Kier alpha value is -0.710. The molecule has 0 spiro atoms. The fourth-order valence-electron chi connectivity index (χ4n) is 0.968. The van der Waals surface area contributed by atoms with Gasteiger partial charge in [-0.2, -0.15) is 0 Å². The molecular formula is C9H16N2O2S. The largest absolute Gasteiger partial charge is 0.468 e. The average Bonchev–Trinajstić information content (AvgIpc) is 2.16. The molecule has 1 heterocycles. The van der Waals surface area contributed by atoms with Crippen molar-refractivity contribution in [1.82, 2.24) is 5.32 Å². The molecule has 0 aromatic carbocycles. The van der Waals surface area contributed by atoms with Gasteiger partial charge < -0.3 is 10.1 Å². The second kappa shape index (κ2) is 4.68. The van der Waals surface area contributed by atoms with Crippen LogP contribution in [0.15, 0.2) is 4.99 Å². The maximum Gasteiger partial charge on any atom is 0.325 e. The summed E-state index contributed by atoms with van der Waals surface area (Å²) in [6.45, 7) is 5.37. The number of esters is 1. The van der Waals surface area contributed by atoms with Crippen LogP contribution in [0.2, 0.25) is 0 Å². The maximum absolute atomic E-state index is 10.8. The molecule has 1 aliphatic heterocycles. The molecule has 80 valence electrons. The molecule has 0 saturated carbocycles. The van der Waals surface area contributed by atoms with Crippen LogP contribution in [0.5, 0.6) is 0 Å². The highest BCUT2D eigenvalue weighted by Crippen LogP contribution is 2.26. The lowest BCUT2D eigenvalue weighted by Gasteiger charge is -2.27. The molecule has 4 nitrogen and oxygen atoms in total. The number of carbonyl (C=O) groups excluding carboxylic acids is 1. The summed E-state index contributed by atoms with van der Waals surface area (Å²) in [6.07, 6.45) is 0. The van der Waals surface area contributed by atoms with Gasteiger partial charge in [-0.25, -0.2) is 0 Å². The van der Waals surface area contributed by atoms with Crippen molar-refractivity contribution in [2.24, 2.45) is 10.4 Å². The molecule has 1 aliphatic rings. The third-order valence-corrected chi connectivity index (χ3v) is 3.33. The van der Waals surface area contributed by atoms with Crippen molar-refractivity contribution in [3.63, 3.8) is 0 Å². The van der Waals surface area contributed by atoms with E-state index in [9.17, 15) is 4.79 Å². The second-order valence-electron chi connectivity index (χ2n) is 4.00. The van der Waals surface area contributed by atoms with Gasteiger partial charge >= 0.3 is 5.97 Å². The minimum atomic E-state index is -0.266. The number of carbonyl (C=O) groups is 1. The summed E-state index contributed by atoms with van der Waals surface area (Å²) in [5.41, 5.74) is 0.265. The lowest BCUT2D eigenvalue weighted by molar-refractivity contribution is -0.139. The number of aliphatic imine (C=N–C) groups is 1. The van der Waals surface area contributed by atoms with Crippen LogP contribution in [0.1, 0.15) is 13.8 Å². The molecule has 0 aliphatic carbocycles. The topological polar surface area (TPSA) is 50.7 Å². The molecule has 0 atom stereocenters. The van der Waals surface area contributed by atoms with Gasteiger partial charge in [0.15, 0.2) is 5.17 Å². The van der Waals surface area contributed by atoms with Crippen LogP contribution in [0, 0.1) is 5.41 Å². The minimum Gasteiger partial charge on any atom is -0.468 e. The van der Waals surface area contributed by atoms with Gasteiger partial charge in [0.05, 0.1) is 7.11 Å². The van der Waals surface area contributed by atoms with Crippen molar-refractivity contribution in [2.45, 2.75) is 13.8 Å². The van der Waals surface area contributed by atoms with Crippen molar-refractivity contribution < 1.29 is 9.53 Å². The summed E-state index contributed by atoms with van der Waals surface area (Å²) >= 11 is 1.65. The predicted molar refractivity (Wildman–Crippen MR) is 58.6 cm³/mol. The Bertz CT molecular complexity index is 251. The van der Waals surface area contributed by atoms with Gasteiger partial charge in [-0.3, -0.25) is 9.79 Å². The van der Waals surface area contributed by atoms with E-state index in [2.05, 4.69) is 28.9 Å². The first-order chi connectivity index (χ1) is 6.53. The number of amidine groups is 1. The first kappa shape index (κ1) is 11.4. The average molecular weight is 216 g/mol. The first-order valence-electron chi connectivity index (χ1n) is 4.51. The molecule has 5 heteroatoms. The van der Waals surface area contributed by atoms with Gasteiger partial charge in [-0.05, 0) is 5.41 Å². The second-order valence-corrected chi connectivity index (χ2v) is 4.97. The van der Waals surface area contributed by atoms with E-state index >= 15 is 0 Å². The summed E-state index contributed by atoms with van der Waals surface area (Å²) in [5.74, 6) is 0.762. The van der Waals surface area contributed by atoms with Crippen molar-refractivity contribution >= 4 is 22.9 Å². The lowest BCUT2D eigenvalue weighted by atomic mass is 9.97. The van der Waals surface area contributed by atoms with Gasteiger partial charge in [0.2, 0.25) is 0 Å². The zero-order valence-corrected chi connectivity index (χ0v) is 9.61. The quantitative estimate of drug-likeness (QED) is 0.696. The van der Waals surface area contributed by atoms with Crippen LogP contribution in [0.4, 0.5) is 0 Å². The Morgan fingerprint density at radius 1 is 1.71 bits per heavy atom. The molecule has 0 radical (unpaired) electrons. The molecule has 0 saturated heterocycles. The van der Waals surface area contributed by atoms with Crippen molar-refractivity contribution in [1.29, 1.82) is 0 Å². The van der Waals surface area contributed by atoms with E-state index in [0.29, 0.717) is 0 Å². The zero-order valence-electron chi connectivity index (χ0n) is 8.79. The summed E-state index contributed by atoms with van der Waals surface area (Å²) in [5, 5.41) is 3.79. The van der Waals surface area contributed by atoms with Crippen LogP contribution in [0.25, 0.3) is 0 Å². The van der Waals surface area contributed by atoms with Crippen LogP contribution in [-0.4, -0.2) is 37.1 Å². The van der Waals surface area contributed by atoms with Gasteiger partial charge in [-0.15, -0.1) is 0 Å². The van der Waals surface area contributed by atoms with E-state index in [-0.39, 0.29) is 17.9 Å². The summed E-state index contributed by atoms with van der Waals surface area (Å²) < 4.78 is 4.52. The molecular weight excluding hydrogens is 200 g/mol. The highest BCUT2D eigenvalue weighted by molar-refractivity contribution is 8.13. The highest BCUT2D eigenvalue weighted by atomic mass is 32.2. The molecule has 1 N–H and O–H groups in total. The molecule has 0 amide bonds. The Balaban J connectivity index is 2.34. The van der Waals surface area contributed by atoms with Crippen LogP contribution < -0.4 is 5.32 Å². The van der Waals surface area contributed by atoms with E-state index < -0.39 is 0 Å². The van der Waals surface area contributed by atoms with Crippen molar-refractivity contribution in [2.75, 3.05) is 26.0 Å². The highest BCUT2D eigenvalue weighted by Gasteiger charge is 2.23. The summed E-state index contributed by atoms with van der Waals surface area (Å²) in [4.78, 5) is 15.2. The van der Waals surface area contributed by atoms with E-state index in [1.165, 1.54) is 7.11 Å². The zero-order chi connectivity index (χ0) is 10.6. The first-order valence-corrected chi connectivity index (χ1v) is 5.50. The SMILES string of the molecule is COC(=O)CNC1=NCC(C)(C)CS1. The number of rotatable bonds is 2. The molecule has 14 heavy (non-hydrogen) atoms. The third-order valence-electron chi connectivity index (χ3n) is 1.86. The lowest BCUT2D eigenvalue weighted by Crippen LogP contribution is -2.34. The Labute approximate surface area is 88.5 Å². The Morgan fingerprint density at radius 2 is 2.43 bits per heavy atom. The van der Waals surface area contributed by atoms with Gasteiger partial charge in [-0.1, -0.05) is 25.6 Å². The monoisotopic (exact) mass is 216 g/mol. The fourth-order valence-corrected chi connectivity index (χ4v) is 1.92. The standard InChI is InChI=1S/C9H16N2O2S/c1-9(2)5-11-8(14-6-9)10-4-7(12)13-3/h4-6H2,1-3H3,(H,10,11). The Morgan fingerprint density at radius 3 is 2.93 bits per heavy atom. The van der Waals surface area contributed by atoms with Gasteiger partial charge in [0.1, 0.15) is 6.54 Å². The normalized spacial score (nSPS) is 19.8. The maximum atomic E-state index is 10.8. The summed E-state index contributed by atoms with van der Waals surface area (Å²) in [6, 6.07) is 0. The van der Waals surface area contributed by atoms with Crippen LogP contribution in [-0.2, 0) is 9.53 Å². The fraction of sp³-hybridized carbons (Fsp3) is 0.778. The molecule has 0 unspecified atom stereocenters. The number of nitrogens with one attached hydrogen (secondary N) is 1. The van der Waals surface area contributed by atoms with E-state index in [1.807, 2.05) is 0 Å². The smallest absolute Gasteiger partial charge is 0.325 e. The predicted octanol–water partition coefficient (Wildman–Crippen LogP) is 0.878. The molecule has 0 fully saturated rings. The Kier molecular flexibility index (Phi) is 3.80. The molecule has 0 bridgehead atoms. The third kappa shape index (κ3) is 3.57. The molecule has 0 aromatic heterocycles. The number of methoxy groups -OCH3 is 1. The van der Waals surface area contributed by atoms with Crippen LogP contribution >= 0.6 is 11.8 Å². The van der Waals surface area contributed by atoms with E-state index in [1.54, 1.807) is 11.8 Å². The number of ether oxygens (including phenoxy) is 1. The van der Waals surface area contributed by atoms with Crippen LogP contribution in [0.3, 0.4) is 0 Å². The van der Waals surface area contributed by atoms with E-state index in [4.69, 9.17) is 0 Å². The molecule has 1 rings (SSSR count). The minimum absolute atomic E-state index is 0.197. The van der Waals surface area contributed by atoms with Gasteiger partial charge in [0.25, 0.3) is 0 Å². The van der Waals surface area contributed by atoms with Gasteiger partial charge in [0, 0.05) is 12.3 Å². The van der Waals surface area contributed by atoms with Crippen molar-refractivity contribution in [3.8, 4) is 0 Å². The number of hydrogen-bond acceptors (Lipinski definition) is 5. The summed E-state index contributed by atoms with van der Waals surface area (Å²) in [7, 11) is 1.38. The van der Waals surface area contributed by atoms with E-state index in [0.717, 1.165) is 17.5 Å². The van der Waals surface area contributed by atoms with Crippen molar-refractivity contribution in [3.05, 3.63) is 0 Å². The number of nitrogens with zero attached hydrogens (tertiary/aromatic N) is 1. The number of hydrogen-bond donors (Lipinski definition) is 1.